The zero-order valence-electron chi connectivity index (χ0n) is 14.2. The molecule has 0 rings (SSSR count). The minimum Gasteiger partial charge on any atom is -0.391 e. The first-order valence-corrected chi connectivity index (χ1v) is 7.23. The zero-order valence-corrected chi connectivity index (χ0v) is 14.2. The Hall–Kier alpha value is -1.57. The second-order valence-corrected chi connectivity index (χ2v) is 5.81. The fraction of sp³-hybridized carbons (Fsp3) is 0.500. The highest BCUT2D eigenvalue weighted by Crippen LogP contribution is 2.23. The fourth-order valence-electron chi connectivity index (χ4n) is 1.42. The van der Waals surface area contributed by atoms with Crippen LogP contribution in [-0.2, 0) is 0 Å². The van der Waals surface area contributed by atoms with Crippen LogP contribution in [0.5, 0.6) is 0 Å². The largest absolute Gasteiger partial charge is 0.391 e. The van der Waals surface area contributed by atoms with Gasteiger partial charge in [-0.05, 0) is 51.0 Å². The molecular formula is C18H30N2. The Morgan fingerprint density at radius 3 is 2.25 bits per heavy atom. The van der Waals surface area contributed by atoms with Crippen LogP contribution in [0, 0.1) is 5.41 Å². The lowest BCUT2D eigenvalue weighted by atomic mass is 9.91. The van der Waals surface area contributed by atoms with Crippen LogP contribution in [0.1, 0.15) is 48.5 Å². The molecule has 0 heterocycles. The van der Waals surface area contributed by atoms with Gasteiger partial charge in [0, 0.05) is 17.8 Å². The second kappa shape index (κ2) is 8.57. The predicted octanol–water partition coefficient (Wildman–Crippen LogP) is 5.02. The molecule has 2 heteroatoms. The van der Waals surface area contributed by atoms with E-state index >= 15 is 0 Å². The van der Waals surface area contributed by atoms with Crippen molar-refractivity contribution in [3.8, 4) is 0 Å². The Balaban J connectivity index is 5.63. The molecule has 0 saturated carbocycles. The minimum absolute atomic E-state index is 0.0762. The maximum atomic E-state index is 4.81. The van der Waals surface area contributed by atoms with Crippen molar-refractivity contribution >= 4 is 5.71 Å². The summed E-state index contributed by atoms with van der Waals surface area (Å²) in [6, 6.07) is 0. The van der Waals surface area contributed by atoms with E-state index in [0.717, 1.165) is 29.1 Å². The van der Waals surface area contributed by atoms with E-state index in [0.29, 0.717) is 0 Å². The smallest absolute Gasteiger partial charge is 0.0662 e. The summed E-state index contributed by atoms with van der Waals surface area (Å²) in [5, 5.41) is 3.20. The van der Waals surface area contributed by atoms with Gasteiger partial charge in [-0.2, -0.15) is 0 Å². The third-order valence-corrected chi connectivity index (χ3v) is 3.23. The molecule has 0 aliphatic rings. The van der Waals surface area contributed by atoms with E-state index in [-0.39, 0.29) is 5.41 Å². The van der Waals surface area contributed by atoms with E-state index in [9.17, 15) is 0 Å². The molecule has 0 unspecified atom stereocenters. The molecule has 20 heavy (non-hydrogen) atoms. The average molecular weight is 274 g/mol. The number of aliphatic imine (C=N–C) groups is 1. The average Bonchev–Trinajstić information content (AvgIpc) is 2.39. The van der Waals surface area contributed by atoms with Crippen molar-refractivity contribution < 1.29 is 0 Å². The van der Waals surface area contributed by atoms with Gasteiger partial charge in [0.05, 0.1) is 5.70 Å². The van der Waals surface area contributed by atoms with Gasteiger partial charge < -0.3 is 5.32 Å². The molecule has 0 aromatic carbocycles. The summed E-state index contributed by atoms with van der Waals surface area (Å²) in [7, 11) is 0. The SMILES string of the molecule is C=C/C(C)=C(/C=C\NCC)C(=C\C)\N=C(C)C(C)(C)C. The van der Waals surface area contributed by atoms with Gasteiger partial charge in [0.25, 0.3) is 0 Å². The summed E-state index contributed by atoms with van der Waals surface area (Å²) in [5.74, 6) is 0. The van der Waals surface area contributed by atoms with Gasteiger partial charge in [0.1, 0.15) is 0 Å². The predicted molar refractivity (Wildman–Crippen MR) is 92.0 cm³/mol. The molecular weight excluding hydrogens is 244 g/mol. The first-order valence-electron chi connectivity index (χ1n) is 7.23. The number of nitrogens with one attached hydrogen (secondary N) is 1. The Labute approximate surface area is 125 Å². The van der Waals surface area contributed by atoms with Crippen LogP contribution in [0.2, 0.25) is 0 Å². The Morgan fingerprint density at radius 2 is 1.85 bits per heavy atom. The fourth-order valence-corrected chi connectivity index (χ4v) is 1.42. The van der Waals surface area contributed by atoms with Gasteiger partial charge in [0.2, 0.25) is 0 Å². The topological polar surface area (TPSA) is 24.4 Å². The van der Waals surface area contributed by atoms with Crippen molar-refractivity contribution in [1.29, 1.82) is 0 Å². The van der Waals surface area contributed by atoms with Crippen LogP contribution in [0.15, 0.2) is 52.8 Å². The maximum absolute atomic E-state index is 4.81. The second-order valence-electron chi connectivity index (χ2n) is 5.81. The van der Waals surface area contributed by atoms with E-state index in [1.807, 2.05) is 25.3 Å². The number of rotatable bonds is 6. The van der Waals surface area contributed by atoms with Crippen LogP contribution in [0.3, 0.4) is 0 Å². The van der Waals surface area contributed by atoms with E-state index in [1.54, 1.807) is 0 Å². The van der Waals surface area contributed by atoms with Crippen molar-refractivity contribution in [2.45, 2.75) is 48.5 Å². The molecule has 0 aromatic rings. The monoisotopic (exact) mass is 274 g/mol. The van der Waals surface area contributed by atoms with Crippen LogP contribution < -0.4 is 5.32 Å². The van der Waals surface area contributed by atoms with Crippen molar-refractivity contribution in [2.75, 3.05) is 6.54 Å². The first kappa shape index (κ1) is 18.4. The maximum Gasteiger partial charge on any atom is 0.0662 e. The lowest BCUT2D eigenvalue weighted by molar-refractivity contribution is 0.587. The third-order valence-electron chi connectivity index (χ3n) is 3.23. The van der Waals surface area contributed by atoms with Crippen LogP contribution >= 0.6 is 0 Å². The summed E-state index contributed by atoms with van der Waals surface area (Å²) < 4.78 is 0. The molecule has 0 aliphatic heterocycles. The molecule has 0 amide bonds. The Bertz CT molecular complexity index is 441. The molecule has 0 fully saturated rings. The zero-order chi connectivity index (χ0) is 15.8. The molecule has 0 aliphatic carbocycles. The summed E-state index contributed by atoms with van der Waals surface area (Å²) in [6.07, 6.45) is 7.95. The molecule has 0 bridgehead atoms. The molecule has 1 N–H and O–H groups in total. The lowest BCUT2D eigenvalue weighted by Gasteiger charge is -2.19. The van der Waals surface area contributed by atoms with E-state index < -0.39 is 0 Å². The number of hydrogen-bond donors (Lipinski definition) is 1. The highest BCUT2D eigenvalue weighted by atomic mass is 14.8. The Kier molecular flexibility index (Phi) is 7.90. The number of hydrogen-bond acceptors (Lipinski definition) is 2. The van der Waals surface area contributed by atoms with Crippen LogP contribution in [-0.4, -0.2) is 12.3 Å². The van der Waals surface area contributed by atoms with Gasteiger partial charge in [-0.3, -0.25) is 4.99 Å². The quantitative estimate of drug-likeness (QED) is 0.533. The van der Waals surface area contributed by atoms with Gasteiger partial charge >= 0.3 is 0 Å². The third kappa shape index (κ3) is 6.05. The molecule has 0 saturated heterocycles. The van der Waals surface area contributed by atoms with Gasteiger partial charge in [-0.15, -0.1) is 0 Å². The molecule has 2 nitrogen and oxygen atoms in total. The number of allylic oxidation sites excluding steroid dienone is 4. The van der Waals surface area contributed by atoms with E-state index in [1.165, 1.54) is 0 Å². The van der Waals surface area contributed by atoms with E-state index in [4.69, 9.17) is 4.99 Å². The summed E-state index contributed by atoms with van der Waals surface area (Å²) in [5.41, 5.74) is 4.41. The molecule has 0 aromatic heterocycles. The Morgan fingerprint density at radius 1 is 1.25 bits per heavy atom. The van der Waals surface area contributed by atoms with Gasteiger partial charge in [-0.25, -0.2) is 0 Å². The normalized spacial score (nSPS) is 15.3. The summed E-state index contributed by atoms with van der Waals surface area (Å²) >= 11 is 0. The molecule has 0 radical (unpaired) electrons. The molecule has 112 valence electrons. The standard InChI is InChI=1S/C18H30N2/c1-9-14(4)16(12-13-19-11-3)17(10-2)20-15(5)18(6,7)8/h9-10,12-13,19H,1,11H2,2-8H3/b13-12-,16-14-,17-10-,20-15?. The minimum atomic E-state index is 0.0762. The van der Waals surface area contributed by atoms with Crippen LogP contribution in [0.4, 0.5) is 0 Å². The highest BCUT2D eigenvalue weighted by molar-refractivity contribution is 5.88. The molecule has 0 atom stereocenters. The van der Waals surface area contributed by atoms with Crippen molar-refractivity contribution in [3.05, 3.63) is 47.9 Å². The van der Waals surface area contributed by atoms with E-state index in [2.05, 4.69) is 59.5 Å². The summed E-state index contributed by atoms with van der Waals surface area (Å²) in [4.78, 5) is 4.81. The van der Waals surface area contributed by atoms with Gasteiger partial charge in [-0.1, -0.05) is 39.5 Å². The van der Waals surface area contributed by atoms with Crippen LogP contribution in [0.25, 0.3) is 0 Å². The first-order chi connectivity index (χ1) is 9.27. The van der Waals surface area contributed by atoms with Crippen molar-refractivity contribution in [2.24, 2.45) is 10.4 Å². The highest BCUT2D eigenvalue weighted by Gasteiger charge is 2.15. The van der Waals surface area contributed by atoms with Crippen molar-refractivity contribution in [1.82, 2.24) is 5.32 Å². The number of nitrogens with zero attached hydrogens (tertiary/aromatic N) is 1. The van der Waals surface area contributed by atoms with Crippen molar-refractivity contribution in [3.63, 3.8) is 0 Å². The van der Waals surface area contributed by atoms with Gasteiger partial charge in [0.15, 0.2) is 0 Å². The molecule has 0 spiro atoms. The summed E-state index contributed by atoms with van der Waals surface area (Å²) in [6.45, 7) is 19.5. The lowest BCUT2D eigenvalue weighted by Crippen LogP contribution is -2.17.